The summed E-state index contributed by atoms with van der Waals surface area (Å²) in [6.45, 7) is -2.96. The van der Waals surface area contributed by atoms with Gasteiger partial charge in [0.2, 0.25) is 0 Å². The Morgan fingerprint density at radius 3 is 2.18 bits per heavy atom. The number of ether oxygens (including phenoxy) is 2. The van der Waals surface area contributed by atoms with Crippen LogP contribution in [-0.2, 0) is 10.3 Å². The number of carbonyl (C=O) groups is 1. The van der Waals surface area contributed by atoms with Crippen LogP contribution < -0.4 is 4.74 Å². The van der Waals surface area contributed by atoms with Gasteiger partial charge in [-0.3, -0.25) is 0 Å². The van der Waals surface area contributed by atoms with E-state index in [9.17, 15) is 23.1 Å². The number of halogens is 3. The average Bonchev–Trinajstić information content (AvgIpc) is 3.20. The third-order valence-electron chi connectivity index (χ3n) is 8.22. The largest absolute Gasteiger partial charge is 0.448 e. The average molecular weight is 524 g/mol. The van der Waals surface area contributed by atoms with Crippen molar-refractivity contribution >= 4 is 6.09 Å². The Morgan fingerprint density at radius 2 is 1.58 bits per heavy atom. The second kappa shape index (κ2) is 9.66. The van der Waals surface area contributed by atoms with Crippen LogP contribution in [0, 0.1) is 5.82 Å². The molecule has 0 saturated carbocycles. The van der Waals surface area contributed by atoms with Gasteiger partial charge in [0.05, 0.1) is 5.60 Å². The van der Waals surface area contributed by atoms with Gasteiger partial charge in [0.1, 0.15) is 18.2 Å². The van der Waals surface area contributed by atoms with Gasteiger partial charge in [0.15, 0.2) is 0 Å². The zero-order valence-electron chi connectivity index (χ0n) is 20.7. The highest BCUT2D eigenvalue weighted by Gasteiger charge is 2.50. The Balaban J connectivity index is 1.21. The Labute approximate surface area is 218 Å². The van der Waals surface area contributed by atoms with Crippen LogP contribution in [0.4, 0.5) is 18.0 Å². The molecule has 38 heavy (non-hydrogen) atoms. The number of amides is 1. The summed E-state index contributed by atoms with van der Waals surface area (Å²) in [7, 11) is 0. The normalized spacial score (nSPS) is 24.2. The van der Waals surface area contributed by atoms with Crippen LogP contribution in [-0.4, -0.2) is 41.4 Å². The van der Waals surface area contributed by atoms with E-state index >= 15 is 0 Å². The smallest absolute Gasteiger partial charge is 0.410 e. The molecular weight excluding hydrogens is 495 g/mol. The van der Waals surface area contributed by atoms with E-state index in [1.165, 1.54) is 6.07 Å². The lowest BCUT2D eigenvalue weighted by atomic mass is 9.72. The monoisotopic (exact) mass is 523 g/mol. The Kier molecular flexibility index (Phi) is 6.30. The molecule has 1 aliphatic carbocycles. The standard InChI is InChI=1S/C30H28F3NO4/c31-18-12-13-26(27(14-18)38-28(32)33)30(36)15-19-6-5-7-20(16-30)34(19)29(35)37-17-25-23-10-3-1-8-21(23)22-9-2-4-11-24(22)25/h1-4,8-14,19-20,25,28,36H,5-7,15-17H2. The highest BCUT2D eigenvalue weighted by Crippen LogP contribution is 2.48. The predicted molar refractivity (Wildman–Crippen MR) is 134 cm³/mol. The number of rotatable bonds is 5. The maximum absolute atomic E-state index is 13.8. The Morgan fingerprint density at radius 1 is 0.974 bits per heavy atom. The molecule has 2 fully saturated rings. The first-order chi connectivity index (χ1) is 18.3. The fourth-order valence-electron chi connectivity index (χ4n) is 6.69. The number of benzene rings is 3. The van der Waals surface area contributed by atoms with Crippen molar-refractivity contribution in [1.29, 1.82) is 0 Å². The van der Waals surface area contributed by atoms with E-state index in [1.54, 1.807) is 4.90 Å². The van der Waals surface area contributed by atoms with Gasteiger partial charge in [-0.15, -0.1) is 0 Å². The number of carbonyl (C=O) groups excluding carboxylic acids is 1. The molecule has 5 nitrogen and oxygen atoms in total. The van der Waals surface area contributed by atoms with Gasteiger partial charge < -0.3 is 19.5 Å². The molecule has 198 valence electrons. The van der Waals surface area contributed by atoms with Crippen molar-refractivity contribution in [3.05, 3.63) is 89.2 Å². The van der Waals surface area contributed by atoms with Crippen molar-refractivity contribution in [2.24, 2.45) is 0 Å². The van der Waals surface area contributed by atoms with E-state index in [0.717, 1.165) is 40.8 Å². The molecule has 3 aliphatic rings. The topological polar surface area (TPSA) is 59.0 Å². The van der Waals surface area contributed by atoms with Gasteiger partial charge in [0, 0.05) is 42.5 Å². The molecule has 1 N–H and O–H groups in total. The molecule has 0 spiro atoms. The van der Waals surface area contributed by atoms with E-state index in [1.807, 2.05) is 24.3 Å². The number of piperidine rings is 2. The number of nitrogens with zero attached hydrogens (tertiary/aromatic N) is 1. The molecule has 0 radical (unpaired) electrons. The van der Waals surface area contributed by atoms with Crippen LogP contribution in [0.1, 0.15) is 54.7 Å². The van der Waals surface area contributed by atoms with E-state index < -0.39 is 24.1 Å². The molecule has 3 aromatic rings. The number of alkyl halides is 2. The number of fused-ring (bicyclic) bond motifs is 5. The number of aliphatic hydroxyl groups is 1. The van der Waals surface area contributed by atoms with Crippen molar-refractivity contribution in [1.82, 2.24) is 4.90 Å². The second-order valence-electron chi connectivity index (χ2n) is 10.4. The molecule has 8 heteroatoms. The summed E-state index contributed by atoms with van der Waals surface area (Å²) in [5, 5.41) is 11.6. The van der Waals surface area contributed by atoms with Gasteiger partial charge in [0.25, 0.3) is 0 Å². The van der Waals surface area contributed by atoms with Crippen molar-refractivity contribution < 1.29 is 32.5 Å². The molecule has 2 saturated heterocycles. The Bertz CT molecular complexity index is 1300. The van der Waals surface area contributed by atoms with Crippen LogP contribution in [0.25, 0.3) is 11.1 Å². The van der Waals surface area contributed by atoms with Gasteiger partial charge in [-0.25, -0.2) is 9.18 Å². The molecule has 2 bridgehead atoms. The first-order valence-electron chi connectivity index (χ1n) is 12.9. The van der Waals surface area contributed by atoms with E-state index in [-0.39, 0.29) is 48.8 Å². The van der Waals surface area contributed by atoms with Gasteiger partial charge in [-0.2, -0.15) is 8.78 Å². The number of hydrogen-bond donors (Lipinski definition) is 1. The van der Waals surface area contributed by atoms with Gasteiger partial charge in [-0.1, -0.05) is 48.5 Å². The highest BCUT2D eigenvalue weighted by molar-refractivity contribution is 5.79. The molecule has 2 heterocycles. The third-order valence-corrected chi connectivity index (χ3v) is 8.22. The minimum absolute atomic E-state index is 0.0683. The molecule has 2 unspecified atom stereocenters. The SMILES string of the molecule is O=C(OCC1c2ccccc2-c2ccccc21)N1C2CCCC1CC(O)(c1ccc(F)cc1OC(F)F)C2. The first-order valence-corrected chi connectivity index (χ1v) is 12.9. The second-order valence-corrected chi connectivity index (χ2v) is 10.4. The van der Waals surface area contributed by atoms with E-state index in [2.05, 4.69) is 29.0 Å². The summed E-state index contributed by atoms with van der Waals surface area (Å²) in [5.41, 5.74) is 3.11. The number of hydrogen-bond acceptors (Lipinski definition) is 4. The maximum Gasteiger partial charge on any atom is 0.410 e. The Hall–Kier alpha value is -3.52. The summed E-state index contributed by atoms with van der Waals surface area (Å²) in [4.78, 5) is 15.2. The molecule has 2 aliphatic heterocycles. The minimum atomic E-state index is -3.15. The zero-order chi connectivity index (χ0) is 26.4. The molecule has 2 atom stereocenters. The summed E-state index contributed by atoms with van der Waals surface area (Å²) in [5.74, 6) is -1.18. The van der Waals surface area contributed by atoms with Crippen molar-refractivity contribution in [3.63, 3.8) is 0 Å². The fourth-order valence-corrected chi connectivity index (χ4v) is 6.69. The van der Waals surface area contributed by atoms with Crippen LogP contribution >= 0.6 is 0 Å². The third kappa shape index (κ3) is 4.30. The quantitative estimate of drug-likeness (QED) is 0.411. The van der Waals surface area contributed by atoms with Gasteiger partial charge in [-0.05, 0) is 53.6 Å². The summed E-state index contributed by atoms with van der Waals surface area (Å²) in [6.07, 6.45) is 1.98. The fraction of sp³-hybridized carbons (Fsp3) is 0.367. The maximum atomic E-state index is 13.8. The summed E-state index contributed by atoms with van der Waals surface area (Å²) in [6, 6.07) is 18.8. The van der Waals surface area contributed by atoms with Crippen LogP contribution in [0.15, 0.2) is 66.7 Å². The van der Waals surface area contributed by atoms with Crippen LogP contribution in [0.2, 0.25) is 0 Å². The lowest BCUT2D eigenvalue weighted by Crippen LogP contribution is -2.59. The molecule has 3 aromatic carbocycles. The molecule has 1 amide bonds. The predicted octanol–water partition coefficient (Wildman–Crippen LogP) is 6.58. The lowest BCUT2D eigenvalue weighted by molar-refractivity contribution is -0.0945. The van der Waals surface area contributed by atoms with Gasteiger partial charge >= 0.3 is 12.7 Å². The zero-order valence-corrected chi connectivity index (χ0v) is 20.7. The first kappa shape index (κ1) is 24.8. The van der Waals surface area contributed by atoms with E-state index in [0.29, 0.717) is 12.8 Å². The lowest BCUT2D eigenvalue weighted by Gasteiger charge is -2.51. The van der Waals surface area contributed by atoms with Crippen LogP contribution in [0.3, 0.4) is 0 Å². The summed E-state index contributed by atoms with van der Waals surface area (Å²) < 4.78 is 50.3. The highest BCUT2D eigenvalue weighted by atomic mass is 19.3. The van der Waals surface area contributed by atoms with Crippen LogP contribution in [0.5, 0.6) is 5.75 Å². The van der Waals surface area contributed by atoms with E-state index in [4.69, 9.17) is 4.74 Å². The molecule has 0 aromatic heterocycles. The van der Waals surface area contributed by atoms with Crippen molar-refractivity contribution in [2.45, 2.75) is 62.3 Å². The molecular formula is C30H28F3NO4. The van der Waals surface area contributed by atoms with Crippen molar-refractivity contribution in [2.75, 3.05) is 6.61 Å². The molecule has 6 rings (SSSR count). The minimum Gasteiger partial charge on any atom is -0.448 e. The van der Waals surface area contributed by atoms with Crippen molar-refractivity contribution in [3.8, 4) is 16.9 Å². The summed E-state index contributed by atoms with van der Waals surface area (Å²) >= 11 is 0.